The van der Waals surface area contributed by atoms with Gasteiger partial charge in [0.05, 0.1) is 5.69 Å². The maximum absolute atomic E-state index is 11.3. The van der Waals surface area contributed by atoms with Crippen LogP contribution in [0, 0.1) is 0 Å². The van der Waals surface area contributed by atoms with Crippen LogP contribution in [0.1, 0.15) is 0 Å². The molecular weight excluding hydrogens is 266 g/mol. The Morgan fingerprint density at radius 1 is 1.00 bits per heavy atom. The maximum Gasteiger partial charge on any atom is 0.296 e. The van der Waals surface area contributed by atoms with Crippen LogP contribution in [0.2, 0.25) is 0 Å². The second-order valence-corrected chi connectivity index (χ2v) is 5.37. The van der Waals surface area contributed by atoms with Crippen LogP contribution in [-0.4, -0.2) is 13.0 Å². The van der Waals surface area contributed by atoms with Gasteiger partial charge in [0.15, 0.2) is 0 Å². The van der Waals surface area contributed by atoms with Crippen LogP contribution in [0.25, 0.3) is 0 Å². The first-order valence-corrected chi connectivity index (χ1v) is 6.80. The van der Waals surface area contributed by atoms with Crippen LogP contribution in [0.3, 0.4) is 0 Å². The molecule has 0 aromatic heterocycles. The largest absolute Gasteiger partial charge is 0.399 e. The molecule has 0 aliphatic rings. The lowest BCUT2D eigenvalue weighted by molar-refractivity contribution is 0.483. The summed E-state index contributed by atoms with van der Waals surface area (Å²) in [5.41, 5.74) is 12.8. The fourth-order valence-electron chi connectivity index (χ4n) is 1.63. The van der Waals surface area contributed by atoms with Gasteiger partial charge in [0, 0.05) is 17.1 Å². The number of benzene rings is 2. The number of rotatable bonds is 3. The van der Waals surface area contributed by atoms with E-state index in [1.165, 1.54) is 18.2 Å². The molecule has 0 aliphatic carbocycles. The van der Waals surface area contributed by atoms with Gasteiger partial charge in [-0.15, -0.1) is 0 Å². The average Bonchev–Trinajstić information content (AvgIpc) is 2.30. The molecule has 0 saturated heterocycles. The number of nitrogen functional groups attached to an aromatic ring is 2. The van der Waals surface area contributed by atoms with Crippen LogP contribution in [-0.2, 0) is 10.1 Å². The summed E-state index contributed by atoms with van der Waals surface area (Å²) >= 11 is 0. The SMILES string of the molecule is Nc1cccc(Nc2ccc(N)cc2S(=O)(=O)O)c1. The van der Waals surface area contributed by atoms with Crippen LogP contribution in [0.5, 0.6) is 0 Å². The van der Waals surface area contributed by atoms with Gasteiger partial charge in [0.1, 0.15) is 4.90 Å². The van der Waals surface area contributed by atoms with Crippen molar-refractivity contribution in [1.82, 2.24) is 0 Å². The number of nitrogens with two attached hydrogens (primary N) is 2. The summed E-state index contributed by atoms with van der Waals surface area (Å²) in [7, 11) is -4.36. The molecule has 0 atom stereocenters. The van der Waals surface area contributed by atoms with Crippen molar-refractivity contribution in [3.8, 4) is 0 Å². The highest BCUT2D eigenvalue weighted by atomic mass is 32.2. The Bertz CT molecular complexity index is 714. The minimum atomic E-state index is -4.36. The summed E-state index contributed by atoms with van der Waals surface area (Å²) in [4.78, 5) is -0.282. The predicted molar refractivity (Wildman–Crippen MR) is 74.8 cm³/mol. The van der Waals surface area contributed by atoms with Crippen LogP contribution >= 0.6 is 0 Å². The van der Waals surface area contributed by atoms with Crippen molar-refractivity contribution in [2.75, 3.05) is 16.8 Å². The third-order valence-corrected chi connectivity index (χ3v) is 3.34. The van der Waals surface area contributed by atoms with Crippen LogP contribution in [0.15, 0.2) is 47.4 Å². The van der Waals surface area contributed by atoms with Crippen molar-refractivity contribution in [3.05, 3.63) is 42.5 Å². The number of hydrogen-bond acceptors (Lipinski definition) is 5. The standard InChI is InChI=1S/C12H13N3O3S/c13-8-2-1-3-10(6-8)15-11-5-4-9(14)7-12(11)19(16,17)18/h1-7,15H,13-14H2,(H,16,17,18). The third-order valence-electron chi connectivity index (χ3n) is 2.45. The van der Waals surface area contributed by atoms with Crippen molar-refractivity contribution in [1.29, 1.82) is 0 Å². The molecule has 0 aliphatic heterocycles. The summed E-state index contributed by atoms with van der Waals surface area (Å²) in [6.07, 6.45) is 0. The monoisotopic (exact) mass is 279 g/mol. The molecule has 7 heteroatoms. The van der Waals surface area contributed by atoms with E-state index in [0.717, 1.165) is 0 Å². The van der Waals surface area contributed by atoms with Gasteiger partial charge in [-0.3, -0.25) is 4.55 Å². The van der Waals surface area contributed by atoms with E-state index in [9.17, 15) is 13.0 Å². The first-order chi connectivity index (χ1) is 8.86. The normalized spacial score (nSPS) is 11.2. The molecule has 0 fully saturated rings. The van der Waals surface area contributed by atoms with E-state index in [0.29, 0.717) is 11.4 Å². The van der Waals surface area contributed by atoms with E-state index in [-0.39, 0.29) is 16.3 Å². The van der Waals surface area contributed by atoms with E-state index in [4.69, 9.17) is 11.5 Å². The number of nitrogens with one attached hydrogen (secondary N) is 1. The van der Waals surface area contributed by atoms with Crippen LogP contribution < -0.4 is 16.8 Å². The zero-order valence-electron chi connectivity index (χ0n) is 9.87. The van der Waals surface area contributed by atoms with Crippen molar-refractivity contribution in [3.63, 3.8) is 0 Å². The van der Waals surface area contributed by atoms with Crippen molar-refractivity contribution >= 4 is 32.9 Å². The minimum Gasteiger partial charge on any atom is -0.399 e. The van der Waals surface area contributed by atoms with E-state index >= 15 is 0 Å². The number of hydrogen-bond donors (Lipinski definition) is 4. The van der Waals surface area contributed by atoms with Crippen molar-refractivity contribution in [2.45, 2.75) is 4.90 Å². The molecule has 0 unspecified atom stereocenters. The Morgan fingerprint density at radius 2 is 1.68 bits per heavy atom. The molecule has 0 heterocycles. The minimum absolute atomic E-state index is 0.224. The lowest BCUT2D eigenvalue weighted by Crippen LogP contribution is -2.04. The van der Waals surface area contributed by atoms with Gasteiger partial charge in [-0.05, 0) is 36.4 Å². The lowest BCUT2D eigenvalue weighted by atomic mass is 10.2. The molecule has 19 heavy (non-hydrogen) atoms. The molecular formula is C12H13N3O3S. The zero-order valence-corrected chi connectivity index (χ0v) is 10.7. The molecule has 2 aromatic carbocycles. The summed E-state index contributed by atoms with van der Waals surface area (Å²) in [5, 5.41) is 2.87. The summed E-state index contributed by atoms with van der Waals surface area (Å²) < 4.78 is 31.8. The molecule has 0 amide bonds. The van der Waals surface area contributed by atoms with E-state index in [1.54, 1.807) is 24.3 Å². The van der Waals surface area contributed by atoms with Crippen molar-refractivity contribution < 1.29 is 13.0 Å². The van der Waals surface area contributed by atoms with Gasteiger partial charge >= 0.3 is 0 Å². The highest BCUT2D eigenvalue weighted by molar-refractivity contribution is 7.86. The molecule has 0 bridgehead atoms. The number of anilines is 4. The quantitative estimate of drug-likeness (QED) is 0.503. The van der Waals surface area contributed by atoms with Gasteiger partial charge in [0.25, 0.3) is 10.1 Å². The van der Waals surface area contributed by atoms with Gasteiger partial charge in [-0.2, -0.15) is 8.42 Å². The Morgan fingerprint density at radius 3 is 2.32 bits per heavy atom. The smallest absolute Gasteiger partial charge is 0.296 e. The maximum atomic E-state index is 11.3. The van der Waals surface area contributed by atoms with E-state index in [1.807, 2.05) is 0 Å². The molecule has 0 radical (unpaired) electrons. The highest BCUT2D eigenvalue weighted by Crippen LogP contribution is 2.27. The summed E-state index contributed by atoms with van der Waals surface area (Å²) in [6, 6.07) is 11.0. The Labute approximate surface area is 110 Å². The average molecular weight is 279 g/mol. The molecule has 2 rings (SSSR count). The molecule has 100 valence electrons. The molecule has 0 saturated carbocycles. The molecule has 0 spiro atoms. The second kappa shape index (κ2) is 4.79. The third kappa shape index (κ3) is 3.15. The Hall–Kier alpha value is -2.25. The highest BCUT2D eigenvalue weighted by Gasteiger charge is 2.16. The Kier molecular flexibility index (Phi) is 3.32. The molecule has 6 nitrogen and oxygen atoms in total. The van der Waals surface area contributed by atoms with Crippen molar-refractivity contribution in [2.24, 2.45) is 0 Å². The van der Waals surface area contributed by atoms with Crippen LogP contribution in [0.4, 0.5) is 22.7 Å². The van der Waals surface area contributed by atoms with E-state index < -0.39 is 10.1 Å². The molecule has 2 aromatic rings. The second-order valence-electron chi connectivity index (χ2n) is 3.98. The van der Waals surface area contributed by atoms with Gasteiger partial charge < -0.3 is 16.8 Å². The van der Waals surface area contributed by atoms with Gasteiger partial charge in [-0.25, -0.2) is 0 Å². The lowest BCUT2D eigenvalue weighted by Gasteiger charge is -2.11. The van der Waals surface area contributed by atoms with Gasteiger partial charge in [-0.1, -0.05) is 6.07 Å². The zero-order chi connectivity index (χ0) is 14.0. The fraction of sp³-hybridized carbons (Fsp3) is 0. The summed E-state index contributed by atoms with van der Waals surface area (Å²) in [5.74, 6) is 0. The Balaban J connectivity index is 2.46. The van der Waals surface area contributed by atoms with Gasteiger partial charge in [0.2, 0.25) is 0 Å². The first kappa shape index (κ1) is 13.2. The predicted octanol–water partition coefficient (Wildman–Crippen LogP) is 1.84. The fourth-order valence-corrected chi connectivity index (χ4v) is 2.31. The topological polar surface area (TPSA) is 118 Å². The first-order valence-electron chi connectivity index (χ1n) is 5.36. The molecule has 6 N–H and O–H groups in total. The summed E-state index contributed by atoms with van der Waals surface area (Å²) in [6.45, 7) is 0. The van der Waals surface area contributed by atoms with E-state index in [2.05, 4.69) is 5.32 Å².